The average molecular weight is 516 g/mol. The number of alkyl halides is 2. The van der Waals surface area contributed by atoms with E-state index in [1.807, 2.05) is 15.9 Å². The summed E-state index contributed by atoms with van der Waals surface area (Å²) in [5.74, 6) is -4.11. The van der Waals surface area contributed by atoms with Gasteiger partial charge in [0.2, 0.25) is 5.82 Å². The third-order valence-corrected chi connectivity index (χ3v) is 8.16. The molecule has 4 atom stereocenters. The van der Waals surface area contributed by atoms with E-state index >= 15 is 0 Å². The SMILES string of the molecule is CC(F)(F)c1nc(-c2ccc3c(c2)C(=O)N(C2CCCC[C@H]2NC(=O)N2C4CCCC2COC4)C3)no1. The number of aromatic nitrogens is 2. The van der Waals surface area contributed by atoms with Crippen molar-refractivity contribution in [3.05, 3.63) is 35.2 Å². The predicted octanol–water partition coefficient (Wildman–Crippen LogP) is 4.08. The first-order chi connectivity index (χ1) is 17.8. The van der Waals surface area contributed by atoms with Crippen molar-refractivity contribution in [2.45, 2.75) is 88.5 Å². The lowest BCUT2D eigenvalue weighted by Gasteiger charge is -2.47. The Bertz CT molecular complexity index is 1180. The van der Waals surface area contributed by atoms with Crippen molar-refractivity contribution >= 4 is 11.9 Å². The molecule has 4 aliphatic rings. The second-order valence-electron chi connectivity index (χ2n) is 10.7. The Morgan fingerprint density at radius 2 is 1.86 bits per heavy atom. The van der Waals surface area contributed by atoms with Crippen LogP contribution in [0.5, 0.6) is 0 Å². The van der Waals surface area contributed by atoms with Crippen LogP contribution in [0.25, 0.3) is 11.4 Å². The lowest BCUT2D eigenvalue weighted by atomic mass is 9.89. The van der Waals surface area contributed by atoms with Gasteiger partial charge in [-0.05, 0) is 43.7 Å². The van der Waals surface area contributed by atoms with E-state index in [0.29, 0.717) is 37.8 Å². The lowest BCUT2D eigenvalue weighted by molar-refractivity contribution is -0.0504. The maximum absolute atomic E-state index is 13.5. The highest BCUT2D eigenvalue weighted by molar-refractivity contribution is 5.99. The standard InChI is InChI=1S/C26H31F2N5O4/c1-26(27,28)24-30-22(31-37-24)15-9-10-16-12-32(23(34)19(16)11-15)21-8-3-2-7-20(21)29-25(35)33-17-5-4-6-18(33)14-36-13-17/h9-11,17-18,20-21H,2-8,12-14H2,1H3,(H,29,35)/t17?,18?,20-,21?/m1/s1. The zero-order chi connectivity index (χ0) is 25.7. The number of amides is 3. The van der Waals surface area contributed by atoms with Gasteiger partial charge in [-0.3, -0.25) is 4.79 Å². The molecule has 1 saturated carbocycles. The van der Waals surface area contributed by atoms with Crippen LogP contribution >= 0.6 is 0 Å². The number of urea groups is 1. The molecule has 1 aromatic carbocycles. The second kappa shape index (κ2) is 9.34. The van der Waals surface area contributed by atoms with E-state index < -0.39 is 11.8 Å². The van der Waals surface area contributed by atoms with E-state index in [4.69, 9.17) is 9.26 Å². The van der Waals surface area contributed by atoms with E-state index in [2.05, 4.69) is 15.5 Å². The molecule has 11 heteroatoms. The molecule has 2 aromatic rings. The first-order valence-corrected chi connectivity index (χ1v) is 13.1. The quantitative estimate of drug-likeness (QED) is 0.659. The van der Waals surface area contributed by atoms with E-state index in [1.54, 1.807) is 12.1 Å². The molecule has 0 spiro atoms. The van der Waals surface area contributed by atoms with E-state index in [1.165, 1.54) is 0 Å². The molecule has 3 unspecified atom stereocenters. The smallest absolute Gasteiger partial charge is 0.322 e. The van der Waals surface area contributed by atoms with Crippen LogP contribution in [0.3, 0.4) is 0 Å². The minimum absolute atomic E-state index is 0.0180. The maximum atomic E-state index is 13.5. The summed E-state index contributed by atoms with van der Waals surface area (Å²) in [7, 11) is 0. The fraction of sp³-hybridized carbons (Fsp3) is 0.615. The van der Waals surface area contributed by atoms with Gasteiger partial charge >= 0.3 is 12.0 Å². The summed E-state index contributed by atoms with van der Waals surface area (Å²) < 4.78 is 37.5. The fourth-order valence-corrected chi connectivity index (χ4v) is 6.30. The largest absolute Gasteiger partial charge is 0.377 e. The molecular formula is C26H31F2N5O4. The zero-order valence-electron chi connectivity index (χ0n) is 20.8. The molecule has 37 heavy (non-hydrogen) atoms. The minimum Gasteiger partial charge on any atom is -0.377 e. The average Bonchev–Trinajstić information content (AvgIpc) is 3.49. The van der Waals surface area contributed by atoms with E-state index in [9.17, 15) is 18.4 Å². The Hall–Kier alpha value is -3.08. The molecule has 3 aliphatic heterocycles. The molecule has 9 nitrogen and oxygen atoms in total. The number of hydrogen-bond acceptors (Lipinski definition) is 6. The molecule has 4 heterocycles. The number of carbonyl (C=O) groups is 2. The predicted molar refractivity (Wildman–Crippen MR) is 128 cm³/mol. The number of nitrogens with zero attached hydrogens (tertiary/aromatic N) is 4. The van der Waals surface area contributed by atoms with Gasteiger partial charge < -0.3 is 24.4 Å². The van der Waals surface area contributed by atoms with Gasteiger partial charge in [0.05, 0.1) is 37.4 Å². The summed E-state index contributed by atoms with van der Waals surface area (Å²) >= 11 is 0. The van der Waals surface area contributed by atoms with Crippen molar-refractivity contribution in [1.29, 1.82) is 0 Å². The highest BCUT2D eigenvalue weighted by Crippen LogP contribution is 2.35. The number of fused-ring (bicyclic) bond motifs is 3. The number of morpholine rings is 1. The summed E-state index contributed by atoms with van der Waals surface area (Å²) in [6, 6.07) is 5.11. The third-order valence-electron chi connectivity index (χ3n) is 8.16. The van der Waals surface area contributed by atoms with Gasteiger partial charge in [0.15, 0.2) is 0 Å². The van der Waals surface area contributed by atoms with Crippen molar-refractivity contribution in [3.63, 3.8) is 0 Å². The number of rotatable bonds is 4. The molecular weight excluding hydrogens is 484 g/mol. The van der Waals surface area contributed by atoms with Crippen LogP contribution in [0.1, 0.15) is 73.7 Å². The minimum atomic E-state index is -3.24. The lowest BCUT2D eigenvalue weighted by Crippen LogP contribution is -2.63. The topological polar surface area (TPSA) is 101 Å². The van der Waals surface area contributed by atoms with Crippen molar-refractivity contribution in [3.8, 4) is 11.4 Å². The Morgan fingerprint density at radius 3 is 2.59 bits per heavy atom. The van der Waals surface area contributed by atoms with Gasteiger partial charge in [-0.1, -0.05) is 30.1 Å². The van der Waals surface area contributed by atoms with Gasteiger partial charge in [0.25, 0.3) is 11.8 Å². The van der Waals surface area contributed by atoms with Crippen molar-refractivity contribution < 1.29 is 27.6 Å². The maximum Gasteiger partial charge on any atom is 0.322 e. The number of benzene rings is 1. The third kappa shape index (κ3) is 4.47. The second-order valence-corrected chi connectivity index (χ2v) is 10.7. The molecule has 1 N–H and O–H groups in total. The molecule has 1 aliphatic carbocycles. The normalized spacial score (nSPS) is 27.8. The summed E-state index contributed by atoms with van der Waals surface area (Å²) in [5, 5.41) is 6.95. The van der Waals surface area contributed by atoms with Crippen molar-refractivity contribution in [1.82, 2.24) is 25.3 Å². The molecule has 0 radical (unpaired) electrons. The van der Waals surface area contributed by atoms with Gasteiger partial charge in [0.1, 0.15) is 0 Å². The first kappa shape index (κ1) is 24.3. The highest BCUT2D eigenvalue weighted by Gasteiger charge is 2.42. The number of piperidine rings is 1. The molecule has 2 saturated heterocycles. The van der Waals surface area contributed by atoms with Crippen LogP contribution in [0.15, 0.2) is 22.7 Å². The molecule has 2 bridgehead atoms. The van der Waals surface area contributed by atoms with Crippen LogP contribution in [-0.4, -0.2) is 69.3 Å². The van der Waals surface area contributed by atoms with Crippen LogP contribution in [0.4, 0.5) is 13.6 Å². The van der Waals surface area contributed by atoms with Crippen LogP contribution < -0.4 is 5.32 Å². The number of carbonyl (C=O) groups excluding carboxylic acids is 2. The van der Waals surface area contributed by atoms with Crippen LogP contribution in [0.2, 0.25) is 0 Å². The highest BCUT2D eigenvalue weighted by atomic mass is 19.3. The Labute approximate surface area is 213 Å². The zero-order valence-corrected chi connectivity index (χ0v) is 20.8. The first-order valence-electron chi connectivity index (χ1n) is 13.1. The van der Waals surface area contributed by atoms with Crippen LogP contribution in [0, 0.1) is 0 Å². The van der Waals surface area contributed by atoms with E-state index in [0.717, 1.165) is 50.5 Å². The Balaban J connectivity index is 1.19. The molecule has 1 aromatic heterocycles. The summed E-state index contributed by atoms with van der Waals surface area (Å²) in [5.41, 5.74) is 1.81. The summed E-state index contributed by atoms with van der Waals surface area (Å²) in [6.07, 6.45) is 6.64. The number of halogens is 2. The Kier molecular flexibility index (Phi) is 6.13. The van der Waals surface area contributed by atoms with E-state index in [-0.39, 0.29) is 41.9 Å². The molecule has 198 valence electrons. The number of ether oxygens (including phenoxy) is 1. The Morgan fingerprint density at radius 1 is 1.11 bits per heavy atom. The van der Waals surface area contributed by atoms with Gasteiger partial charge in [-0.2, -0.15) is 13.8 Å². The van der Waals surface area contributed by atoms with Crippen LogP contribution in [-0.2, 0) is 17.2 Å². The summed E-state index contributed by atoms with van der Waals surface area (Å²) in [4.78, 5) is 34.6. The molecule has 3 fully saturated rings. The van der Waals surface area contributed by atoms with Gasteiger partial charge in [0, 0.05) is 24.6 Å². The molecule has 6 rings (SSSR count). The number of hydrogen-bond donors (Lipinski definition) is 1. The molecule has 3 amide bonds. The monoisotopic (exact) mass is 515 g/mol. The van der Waals surface area contributed by atoms with Crippen molar-refractivity contribution in [2.75, 3.05) is 13.2 Å². The fourth-order valence-electron chi connectivity index (χ4n) is 6.30. The van der Waals surface area contributed by atoms with Crippen molar-refractivity contribution in [2.24, 2.45) is 0 Å². The summed E-state index contributed by atoms with van der Waals surface area (Å²) in [6.45, 7) is 2.30. The number of nitrogens with one attached hydrogen (secondary N) is 1. The van der Waals surface area contributed by atoms with Gasteiger partial charge in [-0.15, -0.1) is 0 Å². The van der Waals surface area contributed by atoms with Gasteiger partial charge in [-0.25, -0.2) is 4.79 Å².